The second-order valence-corrected chi connectivity index (χ2v) is 5.27. The summed E-state index contributed by atoms with van der Waals surface area (Å²) in [6.07, 6.45) is -0.270. The Morgan fingerprint density at radius 1 is 1.05 bits per heavy atom. The first-order valence-corrected chi connectivity index (χ1v) is 7.33. The van der Waals surface area contributed by atoms with E-state index in [-0.39, 0.29) is 6.10 Å². The Kier molecular flexibility index (Phi) is 13.6. The minimum absolute atomic E-state index is 0.220. The Hall–Kier alpha value is -0.240. The molecule has 0 radical (unpaired) electrons. The highest BCUT2D eigenvalue weighted by molar-refractivity contribution is 4.58. The molecule has 0 aliphatic heterocycles. The molecule has 0 rings (SSSR count). The van der Waals surface area contributed by atoms with Crippen molar-refractivity contribution in [1.82, 2.24) is 10.2 Å². The highest BCUT2D eigenvalue weighted by Gasteiger charge is 2.03. The van der Waals surface area contributed by atoms with Crippen LogP contribution in [0.4, 0.5) is 0 Å². The molecule has 6 nitrogen and oxygen atoms in total. The number of nitrogens with zero attached hydrogens (tertiary/aromatic N) is 1. The van der Waals surface area contributed by atoms with Crippen molar-refractivity contribution in [3.05, 3.63) is 0 Å². The molecule has 1 unspecified atom stereocenters. The minimum atomic E-state index is -0.490. The summed E-state index contributed by atoms with van der Waals surface area (Å²) in [5.41, 5.74) is 0. The number of nitrogens with one attached hydrogen (secondary N) is 1. The predicted octanol–water partition coefficient (Wildman–Crippen LogP) is -0.0433. The van der Waals surface area contributed by atoms with Crippen LogP contribution in [0.15, 0.2) is 0 Å². The topological polar surface area (TPSA) is 63.2 Å². The quantitative estimate of drug-likeness (QED) is 0.438. The monoisotopic (exact) mass is 292 g/mol. The molecule has 0 fully saturated rings. The number of aliphatic hydroxyl groups excluding tert-OH is 1. The van der Waals surface area contributed by atoms with Gasteiger partial charge in [-0.15, -0.1) is 0 Å². The van der Waals surface area contributed by atoms with Gasteiger partial charge in [0, 0.05) is 19.6 Å². The number of hydrogen-bond donors (Lipinski definition) is 2. The zero-order valence-corrected chi connectivity index (χ0v) is 13.4. The molecule has 0 saturated heterocycles. The summed E-state index contributed by atoms with van der Waals surface area (Å²) in [5, 5.41) is 12.8. The Balaban J connectivity index is 3.18. The third-order valence-corrected chi connectivity index (χ3v) is 2.48. The van der Waals surface area contributed by atoms with Gasteiger partial charge in [-0.2, -0.15) is 0 Å². The largest absolute Gasteiger partial charge is 0.389 e. The molecule has 122 valence electrons. The SMILES string of the molecule is CC(C)OCCOCC(O)CNCCOCCN(C)C. The molecule has 0 aromatic carbocycles. The van der Waals surface area contributed by atoms with Gasteiger partial charge >= 0.3 is 0 Å². The number of likely N-dealkylation sites (N-methyl/N-ethyl adjacent to an activating group) is 1. The lowest BCUT2D eigenvalue weighted by Crippen LogP contribution is -2.33. The third-order valence-electron chi connectivity index (χ3n) is 2.48. The molecule has 0 bridgehead atoms. The van der Waals surface area contributed by atoms with Gasteiger partial charge in [0.1, 0.15) is 0 Å². The molecule has 0 saturated carbocycles. The van der Waals surface area contributed by atoms with Crippen LogP contribution in [0, 0.1) is 0 Å². The summed E-state index contributed by atoms with van der Waals surface area (Å²) in [6.45, 7) is 8.95. The van der Waals surface area contributed by atoms with Gasteiger partial charge in [0.15, 0.2) is 0 Å². The van der Waals surface area contributed by atoms with E-state index in [0.717, 1.165) is 19.7 Å². The molecular formula is C14H32N2O4. The number of hydrogen-bond acceptors (Lipinski definition) is 6. The van der Waals surface area contributed by atoms with Crippen molar-refractivity contribution < 1.29 is 19.3 Å². The van der Waals surface area contributed by atoms with Crippen LogP contribution in [-0.4, -0.2) is 89.0 Å². The van der Waals surface area contributed by atoms with Crippen LogP contribution in [0.2, 0.25) is 0 Å². The van der Waals surface area contributed by atoms with E-state index in [4.69, 9.17) is 14.2 Å². The molecule has 0 amide bonds. The normalized spacial score (nSPS) is 13.3. The molecule has 0 aliphatic rings. The molecule has 0 aromatic rings. The van der Waals surface area contributed by atoms with Gasteiger partial charge in [-0.05, 0) is 27.9 Å². The summed E-state index contributed by atoms with van der Waals surface area (Å²) < 4.78 is 16.1. The standard InChI is InChI=1S/C14H32N2O4/c1-13(2)20-10-9-19-12-14(17)11-15-5-7-18-8-6-16(3)4/h13-15,17H,5-12H2,1-4H3. The first-order chi connectivity index (χ1) is 9.52. The summed E-state index contributed by atoms with van der Waals surface area (Å²) in [5.74, 6) is 0. The van der Waals surface area contributed by atoms with Crippen LogP contribution in [0.1, 0.15) is 13.8 Å². The summed E-state index contributed by atoms with van der Waals surface area (Å²) in [6, 6.07) is 0. The van der Waals surface area contributed by atoms with E-state index in [9.17, 15) is 5.11 Å². The van der Waals surface area contributed by atoms with Crippen LogP contribution >= 0.6 is 0 Å². The molecule has 2 N–H and O–H groups in total. The maximum atomic E-state index is 9.66. The summed E-state index contributed by atoms with van der Waals surface area (Å²) >= 11 is 0. The Morgan fingerprint density at radius 3 is 2.45 bits per heavy atom. The van der Waals surface area contributed by atoms with Crippen molar-refractivity contribution in [2.75, 3.05) is 66.8 Å². The second kappa shape index (κ2) is 13.7. The Morgan fingerprint density at radius 2 is 1.80 bits per heavy atom. The fourth-order valence-electron chi connectivity index (χ4n) is 1.38. The van der Waals surface area contributed by atoms with Crippen LogP contribution in [0.3, 0.4) is 0 Å². The fourth-order valence-corrected chi connectivity index (χ4v) is 1.38. The highest BCUT2D eigenvalue weighted by atomic mass is 16.5. The molecule has 6 heteroatoms. The first-order valence-electron chi connectivity index (χ1n) is 7.33. The van der Waals surface area contributed by atoms with Crippen LogP contribution in [-0.2, 0) is 14.2 Å². The lowest BCUT2D eigenvalue weighted by atomic mass is 10.4. The van der Waals surface area contributed by atoms with E-state index in [1.165, 1.54) is 0 Å². The van der Waals surface area contributed by atoms with Crippen molar-refractivity contribution in [2.45, 2.75) is 26.1 Å². The molecule has 1 atom stereocenters. The summed E-state index contributed by atoms with van der Waals surface area (Å²) in [4.78, 5) is 2.08. The van der Waals surface area contributed by atoms with Gasteiger partial charge in [0.25, 0.3) is 0 Å². The van der Waals surface area contributed by atoms with Gasteiger partial charge in [-0.25, -0.2) is 0 Å². The van der Waals surface area contributed by atoms with E-state index in [1.807, 2.05) is 27.9 Å². The average molecular weight is 292 g/mol. The van der Waals surface area contributed by atoms with Crippen molar-refractivity contribution in [1.29, 1.82) is 0 Å². The van der Waals surface area contributed by atoms with E-state index in [0.29, 0.717) is 33.0 Å². The van der Waals surface area contributed by atoms with Gasteiger partial charge in [0.2, 0.25) is 0 Å². The minimum Gasteiger partial charge on any atom is -0.389 e. The van der Waals surface area contributed by atoms with Crippen LogP contribution in [0.5, 0.6) is 0 Å². The van der Waals surface area contributed by atoms with Gasteiger partial charge in [0.05, 0.1) is 45.2 Å². The fraction of sp³-hybridized carbons (Fsp3) is 1.00. The van der Waals surface area contributed by atoms with E-state index < -0.39 is 6.10 Å². The van der Waals surface area contributed by atoms with Crippen molar-refractivity contribution >= 4 is 0 Å². The smallest absolute Gasteiger partial charge is 0.0897 e. The predicted molar refractivity (Wildman–Crippen MR) is 80.2 cm³/mol. The van der Waals surface area contributed by atoms with Crippen molar-refractivity contribution in [3.8, 4) is 0 Å². The molecule has 0 aromatic heterocycles. The molecule has 0 heterocycles. The lowest BCUT2D eigenvalue weighted by molar-refractivity contribution is -0.0103. The second-order valence-electron chi connectivity index (χ2n) is 5.27. The Bertz CT molecular complexity index is 204. The van der Waals surface area contributed by atoms with Crippen LogP contribution in [0.25, 0.3) is 0 Å². The van der Waals surface area contributed by atoms with Gasteiger partial charge in [-0.1, -0.05) is 0 Å². The maximum Gasteiger partial charge on any atom is 0.0897 e. The molecule has 0 spiro atoms. The number of ether oxygens (including phenoxy) is 3. The molecular weight excluding hydrogens is 260 g/mol. The molecule has 20 heavy (non-hydrogen) atoms. The first kappa shape index (κ1) is 19.8. The molecule has 0 aliphatic carbocycles. The maximum absolute atomic E-state index is 9.66. The highest BCUT2D eigenvalue weighted by Crippen LogP contribution is 1.89. The Labute approximate surface area is 123 Å². The zero-order valence-electron chi connectivity index (χ0n) is 13.4. The average Bonchev–Trinajstić information content (AvgIpc) is 2.36. The van der Waals surface area contributed by atoms with Gasteiger partial charge < -0.3 is 29.5 Å². The van der Waals surface area contributed by atoms with Gasteiger partial charge in [-0.3, -0.25) is 0 Å². The third kappa shape index (κ3) is 15.8. The summed E-state index contributed by atoms with van der Waals surface area (Å²) in [7, 11) is 4.04. The number of aliphatic hydroxyl groups is 1. The van der Waals surface area contributed by atoms with Crippen LogP contribution < -0.4 is 5.32 Å². The van der Waals surface area contributed by atoms with E-state index in [2.05, 4.69) is 10.2 Å². The van der Waals surface area contributed by atoms with Crippen molar-refractivity contribution in [3.63, 3.8) is 0 Å². The van der Waals surface area contributed by atoms with Crippen molar-refractivity contribution in [2.24, 2.45) is 0 Å². The lowest BCUT2D eigenvalue weighted by Gasteiger charge is -2.14. The zero-order chi connectivity index (χ0) is 15.2. The van der Waals surface area contributed by atoms with E-state index >= 15 is 0 Å². The van der Waals surface area contributed by atoms with E-state index in [1.54, 1.807) is 0 Å². The number of rotatable bonds is 14.